The largest absolute Gasteiger partial charge is 0.354 e. The Morgan fingerprint density at radius 2 is 1.95 bits per heavy atom. The van der Waals surface area contributed by atoms with Crippen molar-refractivity contribution in [3.05, 3.63) is 6.33 Å². The quantitative estimate of drug-likeness (QED) is 0.823. The molecule has 2 aromatic heterocycles. The van der Waals surface area contributed by atoms with Gasteiger partial charge in [0.15, 0.2) is 17.0 Å². The number of rotatable bonds is 2. The van der Waals surface area contributed by atoms with E-state index in [9.17, 15) is 0 Å². The van der Waals surface area contributed by atoms with Crippen LogP contribution in [0.4, 0.5) is 5.82 Å². The minimum Gasteiger partial charge on any atom is -0.354 e. The predicted octanol–water partition coefficient (Wildman–Crippen LogP) is 1.72. The number of hydrogen-bond donors (Lipinski definition) is 0. The Kier molecular flexibility index (Phi) is 3.08. The van der Waals surface area contributed by atoms with E-state index in [-0.39, 0.29) is 0 Å². The van der Waals surface area contributed by atoms with Crippen molar-refractivity contribution in [1.29, 1.82) is 0 Å². The molecule has 2 aromatic rings. The van der Waals surface area contributed by atoms with Gasteiger partial charge in [0, 0.05) is 19.6 Å². The summed E-state index contributed by atoms with van der Waals surface area (Å²) in [5, 5.41) is 8.41. The van der Waals surface area contributed by atoms with Crippen LogP contribution in [0.25, 0.3) is 11.2 Å². The van der Waals surface area contributed by atoms with Crippen LogP contribution in [0.15, 0.2) is 6.33 Å². The Balaban J connectivity index is 2.02. The van der Waals surface area contributed by atoms with Gasteiger partial charge in [-0.3, -0.25) is 0 Å². The zero-order chi connectivity index (χ0) is 13.4. The summed E-state index contributed by atoms with van der Waals surface area (Å²) in [6, 6.07) is 0. The van der Waals surface area contributed by atoms with E-state index in [0.29, 0.717) is 11.8 Å². The molecular formula is C13H20N6. The Hall–Kier alpha value is -1.72. The smallest absolute Gasteiger partial charge is 0.183 e. The molecule has 0 radical (unpaired) electrons. The number of anilines is 1. The Labute approximate surface area is 112 Å². The summed E-state index contributed by atoms with van der Waals surface area (Å²) in [6.07, 6.45) is 2.91. The van der Waals surface area contributed by atoms with E-state index in [1.807, 2.05) is 11.6 Å². The van der Waals surface area contributed by atoms with E-state index in [0.717, 1.165) is 36.6 Å². The number of aryl methyl sites for hydroxylation is 1. The van der Waals surface area contributed by atoms with Gasteiger partial charge in [0.05, 0.1) is 0 Å². The average Bonchev–Trinajstić information content (AvgIpc) is 2.80. The predicted molar refractivity (Wildman–Crippen MR) is 74.0 cm³/mol. The third-order valence-electron chi connectivity index (χ3n) is 3.75. The maximum atomic E-state index is 4.45. The van der Waals surface area contributed by atoms with Gasteiger partial charge in [-0.05, 0) is 25.2 Å². The number of nitrogens with zero attached hydrogens (tertiary/aromatic N) is 6. The third kappa shape index (κ3) is 2.15. The lowest BCUT2D eigenvalue weighted by Gasteiger charge is -2.35. The van der Waals surface area contributed by atoms with Gasteiger partial charge in [0.25, 0.3) is 0 Å². The average molecular weight is 260 g/mol. The van der Waals surface area contributed by atoms with Crippen molar-refractivity contribution in [2.75, 3.05) is 18.0 Å². The molecule has 3 rings (SSSR count). The SMILES string of the molecule is CCn1nnc2c(N3C[C@@H](C)C[C@H](C)C3)ncnc21. The van der Waals surface area contributed by atoms with Crippen LogP contribution in [-0.4, -0.2) is 38.1 Å². The molecule has 0 unspecified atom stereocenters. The maximum Gasteiger partial charge on any atom is 0.183 e. The normalized spacial score (nSPS) is 24.1. The van der Waals surface area contributed by atoms with Crippen molar-refractivity contribution in [3.8, 4) is 0 Å². The van der Waals surface area contributed by atoms with Gasteiger partial charge in [0.2, 0.25) is 0 Å². The van der Waals surface area contributed by atoms with Crippen LogP contribution in [0.5, 0.6) is 0 Å². The van der Waals surface area contributed by atoms with E-state index < -0.39 is 0 Å². The van der Waals surface area contributed by atoms with Gasteiger partial charge < -0.3 is 4.90 Å². The van der Waals surface area contributed by atoms with E-state index in [1.54, 1.807) is 6.33 Å². The minimum absolute atomic E-state index is 0.690. The minimum atomic E-state index is 0.690. The van der Waals surface area contributed by atoms with E-state index in [1.165, 1.54) is 6.42 Å². The summed E-state index contributed by atoms with van der Waals surface area (Å²) in [6.45, 7) is 9.49. The highest BCUT2D eigenvalue weighted by Gasteiger charge is 2.25. The van der Waals surface area contributed by atoms with Crippen LogP contribution in [-0.2, 0) is 6.54 Å². The molecule has 6 nitrogen and oxygen atoms in total. The first-order valence-corrected chi connectivity index (χ1v) is 6.98. The monoisotopic (exact) mass is 260 g/mol. The molecule has 0 bridgehead atoms. The molecule has 1 aliphatic rings. The fraction of sp³-hybridized carbons (Fsp3) is 0.692. The molecule has 2 atom stereocenters. The van der Waals surface area contributed by atoms with Gasteiger partial charge in [0.1, 0.15) is 6.33 Å². The zero-order valence-corrected chi connectivity index (χ0v) is 11.7. The van der Waals surface area contributed by atoms with Crippen molar-refractivity contribution in [1.82, 2.24) is 25.0 Å². The molecule has 1 fully saturated rings. The summed E-state index contributed by atoms with van der Waals surface area (Å²) in [4.78, 5) is 11.1. The second-order valence-electron chi connectivity index (χ2n) is 5.63. The second kappa shape index (κ2) is 4.75. The van der Waals surface area contributed by atoms with Crippen LogP contribution < -0.4 is 4.90 Å². The molecule has 102 valence electrons. The molecule has 0 aromatic carbocycles. The summed E-state index contributed by atoms with van der Waals surface area (Å²) in [7, 11) is 0. The molecule has 1 saturated heterocycles. The number of piperidine rings is 1. The molecule has 1 aliphatic heterocycles. The van der Waals surface area contributed by atoms with E-state index in [4.69, 9.17) is 0 Å². The lowest BCUT2D eigenvalue weighted by atomic mass is 9.92. The fourth-order valence-electron chi connectivity index (χ4n) is 3.06. The Bertz CT molecular complexity index is 568. The van der Waals surface area contributed by atoms with Crippen LogP contribution >= 0.6 is 0 Å². The lowest BCUT2D eigenvalue weighted by Crippen LogP contribution is -2.39. The molecule has 0 saturated carbocycles. The van der Waals surface area contributed by atoms with Gasteiger partial charge >= 0.3 is 0 Å². The number of fused-ring (bicyclic) bond motifs is 1. The maximum absolute atomic E-state index is 4.45. The fourth-order valence-corrected chi connectivity index (χ4v) is 3.06. The third-order valence-corrected chi connectivity index (χ3v) is 3.75. The van der Waals surface area contributed by atoms with Crippen molar-refractivity contribution in [2.24, 2.45) is 11.8 Å². The van der Waals surface area contributed by atoms with E-state index >= 15 is 0 Å². The standard InChI is InChI=1S/C13H20N6/c1-4-19-13-11(16-17-19)12(14-8-15-13)18-6-9(2)5-10(3)7-18/h8-10H,4-7H2,1-3H3/t9-,10-/m0/s1. The van der Waals surface area contributed by atoms with Crippen molar-refractivity contribution >= 4 is 17.0 Å². The molecule has 3 heterocycles. The Morgan fingerprint density at radius 1 is 1.21 bits per heavy atom. The molecule has 0 aliphatic carbocycles. The highest BCUT2D eigenvalue weighted by atomic mass is 15.4. The number of hydrogen-bond acceptors (Lipinski definition) is 5. The summed E-state index contributed by atoms with van der Waals surface area (Å²) in [5.41, 5.74) is 1.66. The van der Waals surface area contributed by atoms with Crippen molar-refractivity contribution in [3.63, 3.8) is 0 Å². The lowest BCUT2D eigenvalue weighted by molar-refractivity contribution is 0.355. The first-order chi connectivity index (χ1) is 9.19. The van der Waals surface area contributed by atoms with Crippen LogP contribution in [0, 0.1) is 11.8 Å². The van der Waals surface area contributed by atoms with Gasteiger partial charge in [-0.25, -0.2) is 14.6 Å². The molecule has 0 N–H and O–H groups in total. The molecule has 0 spiro atoms. The highest BCUT2D eigenvalue weighted by Crippen LogP contribution is 2.28. The van der Waals surface area contributed by atoms with Crippen LogP contribution in [0.2, 0.25) is 0 Å². The van der Waals surface area contributed by atoms with Crippen molar-refractivity contribution in [2.45, 2.75) is 33.7 Å². The number of aromatic nitrogens is 5. The summed E-state index contributed by atoms with van der Waals surface area (Å²) < 4.78 is 1.82. The van der Waals surface area contributed by atoms with Crippen LogP contribution in [0.1, 0.15) is 27.2 Å². The molecular weight excluding hydrogens is 240 g/mol. The Morgan fingerprint density at radius 3 is 2.63 bits per heavy atom. The topological polar surface area (TPSA) is 59.7 Å². The van der Waals surface area contributed by atoms with Gasteiger partial charge in [-0.2, -0.15) is 0 Å². The highest BCUT2D eigenvalue weighted by molar-refractivity contribution is 5.82. The first-order valence-electron chi connectivity index (χ1n) is 6.98. The van der Waals surface area contributed by atoms with E-state index in [2.05, 4.69) is 39.0 Å². The van der Waals surface area contributed by atoms with Crippen molar-refractivity contribution < 1.29 is 0 Å². The molecule has 6 heteroatoms. The second-order valence-corrected chi connectivity index (χ2v) is 5.63. The van der Waals surface area contributed by atoms with Gasteiger partial charge in [-0.15, -0.1) is 5.10 Å². The van der Waals surface area contributed by atoms with Gasteiger partial charge in [-0.1, -0.05) is 19.1 Å². The molecule has 19 heavy (non-hydrogen) atoms. The summed E-state index contributed by atoms with van der Waals surface area (Å²) >= 11 is 0. The zero-order valence-electron chi connectivity index (χ0n) is 11.7. The molecule has 0 amide bonds. The summed E-state index contributed by atoms with van der Waals surface area (Å²) in [5.74, 6) is 2.31. The van der Waals surface area contributed by atoms with Crippen LogP contribution in [0.3, 0.4) is 0 Å². The first kappa shape index (κ1) is 12.3.